The van der Waals surface area contributed by atoms with Crippen molar-refractivity contribution in [3.63, 3.8) is 0 Å². The summed E-state index contributed by atoms with van der Waals surface area (Å²) in [4.78, 5) is 27.9. The van der Waals surface area contributed by atoms with Crippen molar-refractivity contribution in [2.45, 2.75) is 56.4 Å². The van der Waals surface area contributed by atoms with Crippen molar-refractivity contribution in [3.8, 4) is 5.69 Å². The first-order valence-corrected chi connectivity index (χ1v) is 13.6. The molecule has 0 bridgehead atoms. The fourth-order valence-corrected chi connectivity index (χ4v) is 6.38. The Hall–Kier alpha value is -3.39. The van der Waals surface area contributed by atoms with Crippen LogP contribution in [0.3, 0.4) is 0 Å². The predicted molar refractivity (Wildman–Crippen MR) is 134 cm³/mol. The molecule has 0 spiro atoms. The minimum absolute atomic E-state index is 0.0744. The van der Waals surface area contributed by atoms with E-state index in [-0.39, 0.29) is 33.7 Å². The molecule has 1 aromatic heterocycles. The van der Waals surface area contributed by atoms with E-state index in [0.717, 1.165) is 24.9 Å². The summed E-state index contributed by atoms with van der Waals surface area (Å²) in [6, 6.07) is 14.7. The lowest BCUT2D eigenvalue weighted by atomic mass is 9.85. The maximum Gasteiger partial charge on any atom is 0.263 e. The molecule has 1 N–H and O–H groups in total. The number of anilines is 1. The molecule has 35 heavy (non-hydrogen) atoms. The third-order valence-corrected chi connectivity index (χ3v) is 8.46. The summed E-state index contributed by atoms with van der Waals surface area (Å²) in [7, 11) is -3.96. The number of hydrogen-bond acceptors (Lipinski definition) is 4. The van der Waals surface area contributed by atoms with Gasteiger partial charge in [-0.05, 0) is 67.8 Å². The van der Waals surface area contributed by atoms with Crippen LogP contribution in [0.2, 0.25) is 0 Å². The Kier molecular flexibility index (Phi) is 6.23. The molecule has 182 valence electrons. The molecule has 1 aliphatic carbocycles. The maximum absolute atomic E-state index is 13.4. The molecule has 2 heterocycles. The van der Waals surface area contributed by atoms with Crippen molar-refractivity contribution in [2.24, 2.45) is 5.92 Å². The van der Waals surface area contributed by atoms with Crippen molar-refractivity contribution in [2.75, 3.05) is 4.72 Å². The van der Waals surface area contributed by atoms with Gasteiger partial charge in [-0.3, -0.25) is 19.2 Å². The number of carbonyl (C=O) groups is 2. The lowest BCUT2D eigenvalue weighted by molar-refractivity contribution is 0.0571. The monoisotopic (exact) mass is 491 g/mol. The van der Waals surface area contributed by atoms with Gasteiger partial charge in [0.05, 0.1) is 21.7 Å². The number of rotatable bonds is 7. The predicted octanol–water partition coefficient (Wildman–Crippen LogP) is 5.23. The Bertz CT molecular complexity index is 1340. The second-order valence-corrected chi connectivity index (χ2v) is 11.2. The van der Waals surface area contributed by atoms with Crippen LogP contribution in [0.1, 0.15) is 66.2 Å². The Labute approximate surface area is 205 Å². The molecule has 2 amide bonds. The fourth-order valence-electron chi connectivity index (χ4n) is 5.31. The number of aromatic nitrogens is 1. The number of nitrogens with zero attached hydrogens (tertiary/aromatic N) is 2. The molecule has 2 aliphatic rings. The molecule has 0 unspecified atom stereocenters. The van der Waals surface area contributed by atoms with Crippen LogP contribution in [-0.4, -0.2) is 35.7 Å². The van der Waals surface area contributed by atoms with Gasteiger partial charge in [0.25, 0.3) is 21.8 Å². The fraction of sp³-hybridized carbons (Fsp3) is 0.333. The normalized spacial score (nSPS) is 17.5. The first-order valence-electron chi connectivity index (χ1n) is 12.1. The van der Waals surface area contributed by atoms with E-state index in [1.54, 1.807) is 24.3 Å². The molecule has 1 aliphatic heterocycles. The van der Waals surface area contributed by atoms with Crippen molar-refractivity contribution < 1.29 is 18.0 Å². The zero-order chi connectivity index (χ0) is 24.6. The highest BCUT2D eigenvalue weighted by atomic mass is 32.2. The molecule has 7 nitrogen and oxygen atoms in total. The summed E-state index contributed by atoms with van der Waals surface area (Å²) in [6.07, 6.45) is 10.4. The van der Waals surface area contributed by atoms with Crippen LogP contribution in [0.4, 0.5) is 5.69 Å². The van der Waals surface area contributed by atoms with Crippen molar-refractivity contribution in [1.82, 2.24) is 9.47 Å². The van der Waals surface area contributed by atoms with Gasteiger partial charge >= 0.3 is 0 Å². The molecule has 2 aromatic carbocycles. The molecule has 1 saturated carbocycles. The van der Waals surface area contributed by atoms with Crippen LogP contribution in [0.25, 0.3) is 5.69 Å². The Balaban J connectivity index is 1.38. The van der Waals surface area contributed by atoms with E-state index in [1.165, 1.54) is 42.4 Å². The Morgan fingerprint density at radius 2 is 1.60 bits per heavy atom. The van der Waals surface area contributed by atoms with E-state index in [4.69, 9.17) is 0 Å². The van der Waals surface area contributed by atoms with Crippen LogP contribution in [0.5, 0.6) is 0 Å². The smallest absolute Gasteiger partial charge is 0.263 e. The number of carbonyl (C=O) groups excluding carboxylic acids is 2. The average molecular weight is 492 g/mol. The largest absolute Gasteiger partial charge is 0.324 e. The molecular formula is C27H29N3O4S. The zero-order valence-electron chi connectivity index (χ0n) is 19.7. The van der Waals surface area contributed by atoms with Gasteiger partial charge in [-0.15, -0.1) is 0 Å². The van der Waals surface area contributed by atoms with Gasteiger partial charge in [0.2, 0.25) is 0 Å². The zero-order valence-corrected chi connectivity index (χ0v) is 20.5. The number of imide groups is 1. The highest BCUT2D eigenvalue weighted by molar-refractivity contribution is 7.92. The first kappa shape index (κ1) is 23.4. The lowest BCUT2D eigenvalue weighted by Gasteiger charge is -2.29. The number of nitrogens with one attached hydrogen (secondary N) is 1. The molecule has 5 rings (SSSR count). The summed E-state index contributed by atoms with van der Waals surface area (Å²) < 4.78 is 30.7. The standard InChI is InChI=1S/C27H29N3O4S/c1-19(18-20-8-3-2-4-9-20)30-26(31)23-10-7-11-24(25(23)27(30)32)28-35(33,34)22-14-12-21(13-15-22)29-16-5-6-17-29/h5-7,10-17,19-20,28H,2-4,8-9,18H2,1H3/t19-/m0/s1. The van der Waals surface area contributed by atoms with Crippen LogP contribution >= 0.6 is 0 Å². The second kappa shape index (κ2) is 9.34. The molecule has 3 aromatic rings. The maximum atomic E-state index is 13.4. The Morgan fingerprint density at radius 1 is 0.914 bits per heavy atom. The molecular weight excluding hydrogens is 462 g/mol. The summed E-state index contributed by atoms with van der Waals surface area (Å²) in [5.41, 5.74) is 1.33. The minimum Gasteiger partial charge on any atom is -0.324 e. The quantitative estimate of drug-likeness (QED) is 0.458. The van der Waals surface area contributed by atoms with Gasteiger partial charge in [-0.25, -0.2) is 8.42 Å². The SMILES string of the molecule is C[C@@H](CC1CCCCC1)N1C(=O)c2cccc(NS(=O)(=O)c3ccc(-n4cccc4)cc3)c2C1=O. The molecule has 8 heteroatoms. The topological polar surface area (TPSA) is 88.5 Å². The number of fused-ring (bicyclic) bond motifs is 1. The summed E-state index contributed by atoms with van der Waals surface area (Å²) in [5.74, 6) is -0.282. The van der Waals surface area contributed by atoms with E-state index in [1.807, 2.05) is 36.0 Å². The van der Waals surface area contributed by atoms with E-state index in [9.17, 15) is 18.0 Å². The highest BCUT2D eigenvalue weighted by Gasteiger charge is 2.41. The summed E-state index contributed by atoms with van der Waals surface area (Å²) in [5, 5.41) is 0. The lowest BCUT2D eigenvalue weighted by Crippen LogP contribution is -2.39. The highest BCUT2D eigenvalue weighted by Crippen LogP contribution is 2.35. The molecule has 1 fully saturated rings. The van der Waals surface area contributed by atoms with Crippen molar-refractivity contribution in [3.05, 3.63) is 78.1 Å². The second-order valence-electron chi connectivity index (χ2n) is 9.49. The molecule has 0 radical (unpaired) electrons. The number of amides is 2. The van der Waals surface area contributed by atoms with Crippen LogP contribution in [-0.2, 0) is 10.0 Å². The summed E-state index contributed by atoms with van der Waals surface area (Å²) >= 11 is 0. The van der Waals surface area contributed by atoms with Crippen molar-refractivity contribution in [1.29, 1.82) is 0 Å². The number of hydrogen-bond donors (Lipinski definition) is 1. The van der Waals surface area contributed by atoms with E-state index in [0.29, 0.717) is 5.92 Å². The van der Waals surface area contributed by atoms with E-state index in [2.05, 4.69) is 4.72 Å². The summed E-state index contributed by atoms with van der Waals surface area (Å²) in [6.45, 7) is 1.91. The van der Waals surface area contributed by atoms with Gasteiger partial charge in [-0.2, -0.15) is 0 Å². The van der Waals surface area contributed by atoms with Gasteiger partial charge in [0.1, 0.15) is 0 Å². The number of sulfonamides is 1. The van der Waals surface area contributed by atoms with Gasteiger partial charge < -0.3 is 4.57 Å². The average Bonchev–Trinajstić information content (AvgIpc) is 3.47. The van der Waals surface area contributed by atoms with Gasteiger partial charge in [0.15, 0.2) is 0 Å². The third kappa shape index (κ3) is 4.50. The minimum atomic E-state index is -3.96. The third-order valence-electron chi connectivity index (χ3n) is 7.08. The first-order chi connectivity index (χ1) is 16.8. The van der Waals surface area contributed by atoms with Crippen LogP contribution in [0.15, 0.2) is 71.9 Å². The van der Waals surface area contributed by atoms with Crippen LogP contribution < -0.4 is 4.72 Å². The molecule has 1 atom stereocenters. The Morgan fingerprint density at radius 3 is 2.29 bits per heavy atom. The van der Waals surface area contributed by atoms with Gasteiger partial charge in [-0.1, -0.05) is 38.2 Å². The van der Waals surface area contributed by atoms with Gasteiger partial charge in [0, 0.05) is 24.1 Å². The number of benzene rings is 2. The van der Waals surface area contributed by atoms with E-state index >= 15 is 0 Å². The van der Waals surface area contributed by atoms with Crippen molar-refractivity contribution >= 4 is 27.5 Å². The van der Waals surface area contributed by atoms with Crippen LogP contribution in [0, 0.1) is 5.92 Å². The molecule has 0 saturated heterocycles. The van der Waals surface area contributed by atoms with E-state index < -0.39 is 15.9 Å².